The van der Waals surface area contributed by atoms with E-state index >= 15 is 0 Å². The number of unbranched alkanes of at least 4 members (excludes halogenated alkanes) is 7. The van der Waals surface area contributed by atoms with Crippen LogP contribution >= 0.6 is 0 Å². The van der Waals surface area contributed by atoms with Crippen molar-refractivity contribution in [3.8, 4) is 0 Å². The molecule has 0 aromatic heterocycles. The summed E-state index contributed by atoms with van der Waals surface area (Å²) >= 11 is 0. The van der Waals surface area contributed by atoms with Crippen LogP contribution in [0.15, 0.2) is 72.9 Å². The number of carboxylic acids is 1. The van der Waals surface area contributed by atoms with Gasteiger partial charge in [0.15, 0.2) is 0 Å². The van der Waals surface area contributed by atoms with Crippen LogP contribution in [0.3, 0.4) is 0 Å². The standard InChI is InChI=1S/C22H32O2.Li.H/c1-2-3-4-5-6-7-8-9-10-11-12-13-14-15-16-17-18-19-20-21-22(23)24;;/h10-21H,2-9H2,1H3,(H,23,24);;/q;+1;-1. The maximum absolute atomic E-state index is 10.2. The molecule has 0 aliphatic carbocycles. The van der Waals surface area contributed by atoms with Gasteiger partial charge in [-0.3, -0.25) is 0 Å². The molecule has 0 spiro atoms. The van der Waals surface area contributed by atoms with Gasteiger partial charge >= 0.3 is 24.8 Å². The minimum absolute atomic E-state index is 0. The van der Waals surface area contributed by atoms with Crippen LogP contribution in [0.4, 0.5) is 0 Å². The summed E-state index contributed by atoms with van der Waals surface area (Å²) in [7, 11) is 0. The topological polar surface area (TPSA) is 37.3 Å². The Labute approximate surface area is 167 Å². The van der Waals surface area contributed by atoms with Crippen molar-refractivity contribution in [1.82, 2.24) is 0 Å². The van der Waals surface area contributed by atoms with E-state index in [0.717, 1.165) is 12.5 Å². The van der Waals surface area contributed by atoms with E-state index in [9.17, 15) is 4.79 Å². The number of allylic oxidation sites excluding steroid dienone is 11. The molecule has 0 rings (SSSR count). The summed E-state index contributed by atoms with van der Waals surface area (Å²) < 4.78 is 0. The third kappa shape index (κ3) is 24.9. The number of carbonyl (C=O) groups is 1. The summed E-state index contributed by atoms with van der Waals surface area (Å²) in [5.74, 6) is -0.936. The Morgan fingerprint density at radius 1 is 0.720 bits per heavy atom. The molecule has 0 atom stereocenters. The molecule has 0 unspecified atom stereocenters. The van der Waals surface area contributed by atoms with E-state index in [1.165, 1.54) is 51.0 Å². The zero-order valence-electron chi connectivity index (χ0n) is 16.9. The summed E-state index contributed by atoms with van der Waals surface area (Å²) in [6.45, 7) is 2.25. The largest absolute Gasteiger partial charge is 1.00 e. The van der Waals surface area contributed by atoms with Crippen LogP contribution in [0.5, 0.6) is 0 Å². The minimum Gasteiger partial charge on any atom is -1.00 e. The van der Waals surface area contributed by atoms with Gasteiger partial charge in [0.05, 0.1) is 0 Å². The van der Waals surface area contributed by atoms with Crippen molar-refractivity contribution in [2.45, 2.75) is 58.3 Å². The van der Waals surface area contributed by atoms with Crippen molar-refractivity contribution in [3.63, 3.8) is 0 Å². The first-order valence-corrected chi connectivity index (χ1v) is 9.00. The normalized spacial score (nSPS) is 12.5. The quantitative estimate of drug-likeness (QED) is 0.227. The van der Waals surface area contributed by atoms with Crippen LogP contribution < -0.4 is 18.9 Å². The molecule has 25 heavy (non-hydrogen) atoms. The summed E-state index contributed by atoms with van der Waals surface area (Å²) in [4.78, 5) is 10.2. The third-order valence-electron chi connectivity index (χ3n) is 3.35. The van der Waals surface area contributed by atoms with Crippen LogP contribution in [0.25, 0.3) is 0 Å². The second-order valence-corrected chi connectivity index (χ2v) is 5.58. The average Bonchev–Trinajstić information content (AvgIpc) is 2.56. The SMILES string of the molecule is CCCCCCCCCC=CC=CC=CC=CC=CC=CC(=O)O.[H-].[Li+]. The Morgan fingerprint density at radius 3 is 1.68 bits per heavy atom. The number of rotatable bonds is 14. The van der Waals surface area contributed by atoms with Gasteiger partial charge in [-0.25, -0.2) is 4.79 Å². The van der Waals surface area contributed by atoms with Crippen LogP contribution in [0, 0.1) is 0 Å². The molecule has 0 aliphatic heterocycles. The van der Waals surface area contributed by atoms with E-state index in [-0.39, 0.29) is 20.3 Å². The predicted octanol–water partition coefficient (Wildman–Crippen LogP) is 3.67. The van der Waals surface area contributed by atoms with E-state index in [2.05, 4.69) is 19.1 Å². The van der Waals surface area contributed by atoms with E-state index in [4.69, 9.17) is 5.11 Å². The number of hydrogen-bond acceptors (Lipinski definition) is 1. The molecular formula is C22H33LiO2. The number of carboxylic acid groups (broad SMARTS) is 1. The molecule has 0 radical (unpaired) electrons. The van der Waals surface area contributed by atoms with Crippen LogP contribution in [0.1, 0.15) is 59.7 Å². The average molecular weight is 336 g/mol. The van der Waals surface area contributed by atoms with Gasteiger partial charge in [-0.15, -0.1) is 0 Å². The molecule has 0 heterocycles. The maximum atomic E-state index is 10.2. The molecule has 0 fully saturated rings. The molecule has 3 heteroatoms. The van der Waals surface area contributed by atoms with Crippen LogP contribution in [0.2, 0.25) is 0 Å². The molecule has 0 bridgehead atoms. The Hall–Kier alpha value is -1.49. The summed E-state index contributed by atoms with van der Waals surface area (Å²) in [5, 5.41) is 8.39. The van der Waals surface area contributed by atoms with E-state index in [1.807, 2.05) is 36.5 Å². The third-order valence-corrected chi connectivity index (χ3v) is 3.35. The first-order valence-electron chi connectivity index (χ1n) is 9.00. The van der Waals surface area contributed by atoms with Gasteiger partial charge in [-0.2, -0.15) is 0 Å². The van der Waals surface area contributed by atoms with Gasteiger partial charge in [0.25, 0.3) is 0 Å². The Balaban J connectivity index is -0.00000264. The van der Waals surface area contributed by atoms with E-state index < -0.39 is 5.97 Å². The van der Waals surface area contributed by atoms with Crippen molar-refractivity contribution in [3.05, 3.63) is 72.9 Å². The molecular weight excluding hydrogens is 303 g/mol. The van der Waals surface area contributed by atoms with Crippen molar-refractivity contribution in [1.29, 1.82) is 0 Å². The summed E-state index contributed by atoms with van der Waals surface area (Å²) in [6.07, 6.45) is 32.7. The molecule has 0 amide bonds. The molecule has 0 aromatic carbocycles. The molecule has 0 saturated carbocycles. The van der Waals surface area contributed by atoms with Gasteiger partial charge in [-0.05, 0) is 12.8 Å². The van der Waals surface area contributed by atoms with Crippen molar-refractivity contribution < 1.29 is 30.2 Å². The van der Waals surface area contributed by atoms with Gasteiger partial charge in [-0.1, -0.05) is 112 Å². The molecule has 2 nitrogen and oxygen atoms in total. The molecule has 0 aromatic rings. The number of aliphatic carboxylic acids is 1. The number of hydrogen-bond donors (Lipinski definition) is 1. The van der Waals surface area contributed by atoms with Crippen molar-refractivity contribution in [2.24, 2.45) is 0 Å². The molecule has 0 saturated heterocycles. The fraction of sp³-hybridized carbons (Fsp3) is 0.409. The first kappa shape index (κ1) is 25.7. The zero-order valence-corrected chi connectivity index (χ0v) is 15.9. The first-order chi connectivity index (χ1) is 11.8. The maximum Gasteiger partial charge on any atom is 1.00 e. The fourth-order valence-electron chi connectivity index (χ4n) is 2.05. The second kappa shape index (κ2) is 22.5. The zero-order chi connectivity index (χ0) is 17.7. The van der Waals surface area contributed by atoms with Crippen LogP contribution in [-0.4, -0.2) is 11.1 Å². The van der Waals surface area contributed by atoms with Crippen LogP contribution in [-0.2, 0) is 4.79 Å². The second-order valence-electron chi connectivity index (χ2n) is 5.58. The van der Waals surface area contributed by atoms with Gasteiger partial charge in [0.1, 0.15) is 0 Å². The fourth-order valence-corrected chi connectivity index (χ4v) is 2.05. The van der Waals surface area contributed by atoms with E-state index in [1.54, 1.807) is 12.2 Å². The molecule has 0 aliphatic rings. The molecule has 1 N–H and O–H groups in total. The minimum atomic E-state index is -0.936. The summed E-state index contributed by atoms with van der Waals surface area (Å²) in [5.41, 5.74) is 0. The van der Waals surface area contributed by atoms with Gasteiger partial charge in [0.2, 0.25) is 0 Å². The Morgan fingerprint density at radius 2 is 1.16 bits per heavy atom. The van der Waals surface area contributed by atoms with E-state index in [0.29, 0.717) is 0 Å². The summed E-state index contributed by atoms with van der Waals surface area (Å²) in [6, 6.07) is 0. The smallest absolute Gasteiger partial charge is 1.00 e. The Bertz CT molecular complexity index is 475. The van der Waals surface area contributed by atoms with Gasteiger partial charge in [0, 0.05) is 6.08 Å². The Kier molecular flexibility index (Phi) is 23.2. The van der Waals surface area contributed by atoms with Gasteiger partial charge < -0.3 is 6.53 Å². The predicted molar refractivity (Wildman–Crippen MR) is 106 cm³/mol. The van der Waals surface area contributed by atoms with Crippen molar-refractivity contribution >= 4 is 5.97 Å². The van der Waals surface area contributed by atoms with Crippen molar-refractivity contribution in [2.75, 3.05) is 0 Å². The monoisotopic (exact) mass is 336 g/mol. The molecule has 134 valence electrons.